The van der Waals surface area contributed by atoms with Crippen LogP contribution in [0.15, 0.2) is 51.4 Å². The fourth-order valence-electron chi connectivity index (χ4n) is 2.95. The van der Waals surface area contributed by atoms with E-state index in [1.165, 1.54) is 30.4 Å². The SMILES string of the molecule is NNC(c1ccc(Br)cc1Br)c1ccccc1C1CCC1. The minimum Gasteiger partial charge on any atom is -0.271 e. The van der Waals surface area contributed by atoms with Gasteiger partial charge in [-0.05, 0) is 47.6 Å². The molecule has 0 bridgehead atoms. The van der Waals surface area contributed by atoms with E-state index >= 15 is 0 Å². The molecule has 1 saturated carbocycles. The monoisotopic (exact) mass is 408 g/mol. The van der Waals surface area contributed by atoms with E-state index in [2.05, 4.69) is 79.8 Å². The Balaban J connectivity index is 2.03. The zero-order chi connectivity index (χ0) is 14.8. The standard InChI is InChI=1S/C17H18Br2N2/c18-12-8-9-15(16(19)10-12)17(21-20)14-7-2-1-6-13(14)11-4-3-5-11/h1-2,6-11,17,21H,3-5,20H2. The van der Waals surface area contributed by atoms with Gasteiger partial charge >= 0.3 is 0 Å². The quantitative estimate of drug-likeness (QED) is 0.548. The van der Waals surface area contributed by atoms with Crippen molar-refractivity contribution < 1.29 is 0 Å². The Hall–Kier alpha value is -0.680. The van der Waals surface area contributed by atoms with E-state index < -0.39 is 0 Å². The highest BCUT2D eigenvalue weighted by Crippen LogP contribution is 2.41. The Bertz CT molecular complexity index is 638. The van der Waals surface area contributed by atoms with Gasteiger partial charge in [0, 0.05) is 8.95 Å². The molecular weight excluding hydrogens is 392 g/mol. The summed E-state index contributed by atoms with van der Waals surface area (Å²) in [5, 5.41) is 0. The summed E-state index contributed by atoms with van der Waals surface area (Å²) >= 11 is 7.15. The van der Waals surface area contributed by atoms with E-state index in [0.717, 1.165) is 14.5 Å². The highest BCUT2D eigenvalue weighted by Gasteiger charge is 2.26. The van der Waals surface area contributed by atoms with Crippen molar-refractivity contribution in [3.05, 3.63) is 68.1 Å². The van der Waals surface area contributed by atoms with Crippen molar-refractivity contribution in [2.45, 2.75) is 31.2 Å². The Morgan fingerprint density at radius 1 is 1.05 bits per heavy atom. The molecule has 0 heterocycles. The molecule has 110 valence electrons. The molecule has 0 spiro atoms. The summed E-state index contributed by atoms with van der Waals surface area (Å²) in [6.45, 7) is 0. The smallest absolute Gasteiger partial charge is 0.0723 e. The van der Waals surface area contributed by atoms with Gasteiger partial charge in [0.25, 0.3) is 0 Å². The van der Waals surface area contributed by atoms with E-state index in [1.54, 1.807) is 0 Å². The zero-order valence-electron chi connectivity index (χ0n) is 11.7. The molecule has 0 radical (unpaired) electrons. The van der Waals surface area contributed by atoms with E-state index in [-0.39, 0.29) is 6.04 Å². The molecule has 0 saturated heterocycles. The van der Waals surface area contributed by atoms with Crippen molar-refractivity contribution in [3.8, 4) is 0 Å². The van der Waals surface area contributed by atoms with Gasteiger partial charge in [-0.3, -0.25) is 5.84 Å². The second kappa shape index (κ2) is 6.61. The van der Waals surface area contributed by atoms with Gasteiger partial charge in [-0.25, -0.2) is 5.43 Å². The third-order valence-electron chi connectivity index (χ3n) is 4.29. The van der Waals surface area contributed by atoms with Gasteiger partial charge in [-0.2, -0.15) is 0 Å². The number of hydrogen-bond donors (Lipinski definition) is 2. The molecule has 0 aliphatic heterocycles. The molecule has 3 rings (SSSR count). The summed E-state index contributed by atoms with van der Waals surface area (Å²) in [4.78, 5) is 0. The van der Waals surface area contributed by atoms with Crippen LogP contribution in [0.2, 0.25) is 0 Å². The summed E-state index contributed by atoms with van der Waals surface area (Å²) in [6.07, 6.45) is 3.91. The number of benzene rings is 2. The predicted octanol–water partition coefficient (Wildman–Crippen LogP) is 5.03. The second-order valence-corrected chi connectivity index (χ2v) is 7.29. The molecule has 1 aliphatic carbocycles. The molecule has 3 N–H and O–H groups in total. The number of nitrogens with two attached hydrogens (primary N) is 1. The van der Waals surface area contributed by atoms with Gasteiger partial charge in [-0.15, -0.1) is 0 Å². The maximum atomic E-state index is 5.89. The van der Waals surface area contributed by atoms with E-state index in [9.17, 15) is 0 Å². The lowest BCUT2D eigenvalue weighted by Crippen LogP contribution is -2.30. The van der Waals surface area contributed by atoms with E-state index in [1.807, 2.05) is 0 Å². The summed E-state index contributed by atoms with van der Waals surface area (Å²) < 4.78 is 2.12. The Kier molecular flexibility index (Phi) is 4.79. The zero-order valence-corrected chi connectivity index (χ0v) is 14.8. The van der Waals surface area contributed by atoms with Crippen LogP contribution in [0.25, 0.3) is 0 Å². The van der Waals surface area contributed by atoms with Gasteiger partial charge in [0.05, 0.1) is 6.04 Å². The van der Waals surface area contributed by atoms with Crippen LogP contribution >= 0.6 is 31.9 Å². The van der Waals surface area contributed by atoms with Gasteiger partial charge in [0.2, 0.25) is 0 Å². The molecule has 2 nitrogen and oxygen atoms in total. The molecule has 1 fully saturated rings. The Morgan fingerprint density at radius 2 is 1.81 bits per heavy atom. The number of rotatable bonds is 4. The summed E-state index contributed by atoms with van der Waals surface area (Å²) in [7, 11) is 0. The molecule has 1 unspecified atom stereocenters. The topological polar surface area (TPSA) is 38.0 Å². The lowest BCUT2D eigenvalue weighted by molar-refractivity contribution is 0.414. The largest absolute Gasteiger partial charge is 0.271 e. The molecule has 21 heavy (non-hydrogen) atoms. The van der Waals surface area contributed by atoms with Gasteiger partial charge in [-0.1, -0.05) is 68.6 Å². The van der Waals surface area contributed by atoms with Crippen LogP contribution < -0.4 is 11.3 Å². The third kappa shape index (κ3) is 3.09. The first kappa shape index (κ1) is 15.2. The minimum absolute atomic E-state index is 0.00396. The summed E-state index contributed by atoms with van der Waals surface area (Å²) in [5.41, 5.74) is 6.87. The lowest BCUT2D eigenvalue weighted by Gasteiger charge is -2.30. The van der Waals surface area contributed by atoms with Crippen molar-refractivity contribution in [3.63, 3.8) is 0 Å². The lowest BCUT2D eigenvalue weighted by atomic mass is 9.76. The van der Waals surface area contributed by atoms with E-state index in [4.69, 9.17) is 5.84 Å². The predicted molar refractivity (Wildman–Crippen MR) is 94.0 cm³/mol. The molecule has 1 aliphatic rings. The van der Waals surface area contributed by atoms with Gasteiger partial charge in [0.1, 0.15) is 0 Å². The number of nitrogens with one attached hydrogen (secondary N) is 1. The number of hydrogen-bond acceptors (Lipinski definition) is 2. The fourth-order valence-corrected chi connectivity index (χ4v) is 4.22. The van der Waals surface area contributed by atoms with Crippen molar-refractivity contribution in [2.24, 2.45) is 5.84 Å². The Morgan fingerprint density at radius 3 is 2.43 bits per heavy atom. The second-order valence-electron chi connectivity index (χ2n) is 5.52. The molecule has 2 aromatic carbocycles. The van der Waals surface area contributed by atoms with Crippen LogP contribution in [-0.4, -0.2) is 0 Å². The van der Waals surface area contributed by atoms with Crippen molar-refractivity contribution in [1.29, 1.82) is 0 Å². The van der Waals surface area contributed by atoms with Crippen molar-refractivity contribution >= 4 is 31.9 Å². The van der Waals surface area contributed by atoms with E-state index in [0.29, 0.717) is 5.92 Å². The first-order valence-electron chi connectivity index (χ1n) is 7.20. The van der Waals surface area contributed by atoms with Gasteiger partial charge in [0.15, 0.2) is 0 Å². The highest BCUT2D eigenvalue weighted by molar-refractivity contribution is 9.11. The molecular formula is C17H18Br2N2. The number of hydrazine groups is 1. The molecule has 4 heteroatoms. The van der Waals surface area contributed by atoms with Crippen LogP contribution in [0, 0.1) is 0 Å². The first-order chi connectivity index (χ1) is 10.2. The number of halogens is 2. The average molecular weight is 410 g/mol. The maximum Gasteiger partial charge on any atom is 0.0723 e. The van der Waals surface area contributed by atoms with Crippen LogP contribution in [0.4, 0.5) is 0 Å². The van der Waals surface area contributed by atoms with Crippen molar-refractivity contribution in [1.82, 2.24) is 5.43 Å². The molecule has 0 aromatic heterocycles. The highest BCUT2D eigenvalue weighted by atomic mass is 79.9. The van der Waals surface area contributed by atoms with Crippen LogP contribution in [-0.2, 0) is 0 Å². The minimum atomic E-state index is 0.00396. The Labute approximate surface area is 142 Å². The summed E-state index contributed by atoms with van der Waals surface area (Å²) in [5.74, 6) is 6.58. The van der Waals surface area contributed by atoms with Crippen LogP contribution in [0.1, 0.15) is 47.9 Å². The fraction of sp³-hybridized carbons (Fsp3) is 0.294. The third-order valence-corrected chi connectivity index (χ3v) is 5.47. The van der Waals surface area contributed by atoms with Gasteiger partial charge < -0.3 is 0 Å². The first-order valence-corrected chi connectivity index (χ1v) is 8.79. The summed E-state index contributed by atoms with van der Waals surface area (Å²) in [6, 6.07) is 14.9. The van der Waals surface area contributed by atoms with Crippen molar-refractivity contribution in [2.75, 3.05) is 0 Å². The molecule has 2 aromatic rings. The average Bonchev–Trinajstić information content (AvgIpc) is 2.41. The molecule has 1 atom stereocenters. The maximum absolute atomic E-state index is 5.89. The molecule has 0 amide bonds. The van der Waals surface area contributed by atoms with Crippen LogP contribution in [0.3, 0.4) is 0 Å². The normalized spacial score (nSPS) is 16.5. The van der Waals surface area contributed by atoms with Crippen LogP contribution in [0.5, 0.6) is 0 Å².